The lowest BCUT2D eigenvalue weighted by molar-refractivity contribution is 0.0796. The molecule has 5 heteroatoms. The topological polar surface area (TPSA) is 29.5 Å². The zero-order chi connectivity index (χ0) is 11.3. The van der Waals surface area contributed by atoms with Crippen molar-refractivity contribution in [3.8, 4) is 0 Å². The summed E-state index contributed by atoms with van der Waals surface area (Å²) in [4.78, 5) is 0. The van der Waals surface area contributed by atoms with Gasteiger partial charge in [0, 0.05) is 4.47 Å². The number of halogens is 3. The van der Waals surface area contributed by atoms with Crippen molar-refractivity contribution in [2.45, 2.75) is 6.10 Å². The number of rotatable bonds is 4. The smallest absolute Gasteiger partial charge is 0.304 e. The lowest BCUT2D eigenvalue weighted by Gasteiger charge is -2.09. The maximum atomic E-state index is 11.6. The average Bonchev–Trinajstić information content (AvgIpc) is 2.18. The fraction of sp³-hybridized carbons (Fsp3) is 0.200. The Morgan fingerprint density at radius 2 is 2.00 bits per heavy atom. The van der Waals surface area contributed by atoms with Gasteiger partial charge in [-0.1, -0.05) is 28.1 Å². The monoisotopic (exact) mass is 278 g/mol. The molecule has 1 aromatic carbocycles. The molecule has 0 saturated carbocycles. The molecule has 1 atom stereocenters. The van der Waals surface area contributed by atoms with Crippen molar-refractivity contribution in [2.24, 2.45) is 0 Å². The Balaban J connectivity index is 2.50. The Labute approximate surface area is 94.3 Å². The van der Waals surface area contributed by atoms with Crippen molar-refractivity contribution in [1.82, 2.24) is 0 Å². The maximum absolute atomic E-state index is 11.6. The van der Waals surface area contributed by atoms with Crippen molar-refractivity contribution >= 4 is 15.9 Å². The van der Waals surface area contributed by atoms with Crippen LogP contribution in [0.5, 0.6) is 0 Å². The van der Waals surface area contributed by atoms with E-state index in [0.717, 1.165) is 4.47 Å². The van der Waals surface area contributed by atoms with Crippen molar-refractivity contribution in [3.05, 3.63) is 46.6 Å². The molecular formula is C10H9BrF2O2. The normalized spacial score (nSPS) is 12.0. The molecule has 0 amide bonds. The molecule has 1 rings (SSSR count). The van der Waals surface area contributed by atoms with Crippen LogP contribution in [0.15, 0.2) is 41.1 Å². The van der Waals surface area contributed by atoms with Crippen molar-refractivity contribution in [1.29, 1.82) is 0 Å². The molecule has 2 nitrogen and oxygen atoms in total. The molecule has 0 saturated heterocycles. The van der Waals surface area contributed by atoms with Gasteiger partial charge >= 0.3 is 6.08 Å². The van der Waals surface area contributed by atoms with Gasteiger partial charge in [-0.15, -0.1) is 0 Å². The zero-order valence-electron chi connectivity index (χ0n) is 7.66. The Morgan fingerprint density at radius 1 is 1.40 bits per heavy atom. The Hall–Kier alpha value is -0.940. The van der Waals surface area contributed by atoms with E-state index in [-0.39, 0.29) is 6.61 Å². The first kappa shape index (κ1) is 12.1. The van der Waals surface area contributed by atoms with E-state index >= 15 is 0 Å². The first-order chi connectivity index (χ1) is 7.09. The number of hydrogen-bond donors (Lipinski definition) is 1. The van der Waals surface area contributed by atoms with Crippen LogP contribution >= 0.6 is 15.9 Å². The molecule has 15 heavy (non-hydrogen) atoms. The third-order valence-corrected chi connectivity index (χ3v) is 2.21. The van der Waals surface area contributed by atoms with Crippen LogP contribution in [-0.2, 0) is 4.74 Å². The Bertz CT molecular complexity index is 334. The van der Waals surface area contributed by atoms with Crippen LogP contribution in [0.3, 0.4) is 0 Å². The van der Waals surface area contributed by atoms with E-state index in [0.29, 0.717) is 11.8 Å². The summed E-state index contributed by atoms with van der Waals surface area (Å²) in [6.07, 6.45) is -2.51. The summed E-state index contributed by atoms with van der Waals surface area (Å²) in [6, 6.07) is 6.88. The number of ether oxygens (including phenoxy) is 1. The number of aliphatic hydroxyl groups excluding tert-OH is 1. The Kier molecular flexibility index (Phi) is 4.71. The van der Waals surface area contributed by atoms with E-state index in [9.17, 15) is 13.9 Å². The minimum absolute atomic E-state index is 0.195. The molecular weight excluding hydrogens is 270 g/mol. The molecule has 0 aromatic heterocycles. The lowest BCUT2D eigenvalue weighted by atomic mass is 10.1. The first-order valence-corrected chi connectivity index (χ1v) is 4.95. The summed E-state index contributed by atoms with van der Waals surface area (Å²) in [5, 5.41) is 9.51. The predicted octanol–water partition coefficient (Wildman–Crippen LogP) is 3.24. The highest BCUT2D eigenvalue weighted by molar-refractivity contribution is 9.10. The van der Waals surface area contributed by atoms with Gasteiger partial charge in [-0.05, 0) is 17.7 Å². The summed E-state index contributed by atoms with van der Waals surface area (Å²) in [5.41, 5.74) is 0.617. The molecule has 0 fully saturated rings. The van der Waals surface area contributed by atoms with Crippen LogP contribution in [0.1, 0.15) is 11.7 Å². The number of hydrogen-bond acceptors (Lipinski definition) is 2. The molecule has 0 unspecified atom stereocenters. The largest absolute Gasteiger partial charge is 0.493 e. The second-order valence-electron chi connectivity index (χ2n) is 2.81. The lowest BCUT2D eigenvalue weighted by Crippen LogP contribution is -2.04. The number of aliphatic hydroxyl groups is 1. The van der Waals surface area contributed by atoms with E-state index in [2.05, 4.69) is 20.7 Å². The summed E-state index contributed by atoms with van der Waals surface area (Å²) in [5.74, 6) is 0. The van der Waals surface area contributed by atoms with Gasteiger partial charge in [0.1, 0.15) is 19.0 Å². The molecule has 0 aliphatic rings. The molecule has 0 spiro atoms. The van der Waals surface area contributed by atoms with E-state index in [1.54, 1.807) is 24.3 Å². The third kappa shape index (κ3) is 4.40. The SMILES string of the molecule is O[C@@H](COC=C(F)F)c1ccc(Br)cc1. The maximum Gasteiger partial charge on any atom is 0.304 e. The summed E-state index contributed by atoms with van der Waals surface area (Å²) in [6.45, 7) is -0.195. The third-order valence-electron chi connectivity index (χ3n) is 1.68. The van der Waals surface area contributed by atoms with Gasteiger partial charge in [-0.25, -0.2) is 0 Å². The summed E-state index contributed by atoms with van der Waals surface area (Å²) < 4.78 is 28.5. The fourth-order valence-corrected chi connectivity index (χ4v) is 1.25. The van der Waals surface area contributed by atoms with Crippen LogP contribution in [0.2, 0.25) is 0 Å². The van der Waals surface area contributed by atoms with E-state index < -0.39 is 12.2 Å². The van der Waals surface area contributed by atoms with Crippen molar-refractivity contribution in [3.63, 3.8) is 0 Å². The van der Waals surface area contributed by atoms with Gasteiger partial charge < -0.3 is 9.84 Å². The quantitative estimate of drug-likeness (QED) is 0.857. The standard InChI is InChI=1S/C10H9BrF2O2/c11-8-3-1-7(2-4-8)9(14)5-15-6-10(12)13/h1-4,6,9,14H,5H2/t9-/m0/s1. The van der Waals surface area contributed by atoms with E-state index in [4.69, 9.17) is 0 Å². The Morgan fingerprint density at radius 3 is 2.53 bits per heavy atom. The summed E-state index contributed by atoms with van der Waals surface area (Å²) in [7, 11) is 0. The highest BCUT2D eigenvalue weighted by atomic mass is 79.9. The van der Waals surface area contributed by atoms with Gasteiger partial charge in [0.25, 0.3) is 0 Å². The van der Waals surface area contributed by atoms with Crippen molar-refractivity contribution < 1.29 is 18.6 Å². The van der Waals surface area contributed by atoms with Gasteiger partial charge in [0.2, 0.25) is 0 Å². The molecule has 82 valence electrons. The van der Waals surface area contributed by atoms with Crippen LogP contribution in [0.25, 0.3) is 0 Å². The van der Waals surface area contributed by atoms with Crippen LogP contribution in [-0.4, -0.2) is 11.7 Å². The second kappa shape index (κ2) is 5.82. The molecule has 1 aromatic rings. The first-order valence-electron chi connectivity index (χ1n) is 4.16. The minimum Gasteiger partial charge on any atom is -0.493 e. The van der Waals surface area contributed by atoms with Crippen LogP contribution in [0.4, 0.5) is 8.78 Å². The minimum atomic E-state index is -1.92. The van der Waals surface area contributed by atoms with E-state index in [1.165, 1.54) is 0 Å². The molecule has 0 radical (unpaired) electrons. The number of benzene rings is 1. The van der Waals surface area contributed by atoms with Gasteiger partial charge in [0.05, 0.1) is 0 Å². The highest BCUT2D eigenvalue weighted by Gasteiger charge is 2.07. The molecule has 1 N–H and O–H groups in total. The van der Waals surface area contributed by atoms with Gasteiger partial charge in [-0.2, -0.15) is 8.78 Å². The second-order valence-corrected chi connectivity index (χ2v) is 3.72. The fourth-order valence-electron chi connectivity index (χ4n) is 0.983. The van der Waals surface area contributed by atoms with Crippen LogP contribution < -0.4 is 0 Å². The zero-order valence-corrected chi connectivity index (χ0v) is 9.25. The molecule has 0 aliphatic heterocycles. The van der Waals surface area contributed by atoms with Crippen molar-refractivity contribution in [2.75, 3.05) is 6.61 Å². The summed E-state index contributed by atoms with van der Waals surface area (Å²) >= 11 is 3.24. The van der Waals surface area contributed by atoms with E-state index in [1.807, 2.05) is 0 Å². The highest BCUT2D eigenvalue weighted by Crippen LogP contribution is 2.17. The average molecular weight is 279 g/mol. The van der Waals surface area contributed by atoms with Gasteiger partial charge in [-0.3, -0.25) is 0 Å². The predicted molar refractivity (Wildman–Crippen MR) is 55.4 cm³/mol. The molecule has 0 bridgehead atoms. The van der Waals surface area contributed by atoms with Crippen LogP contribution in [0, 0.1) is 0 Å². The van der Waals surface area contributed by atoms with Gasteiger partial charge in [0.15, 0.2) is 0 Å². The molecule has 0 aliphatic carbocycles. The molecule has 0 heterocycles.